The van der Waals surface area contributed by atoms with Crippen LogP contribution in [0.5, 0.6) is 11.5 Å². The molecule has 0 aliphatic carbocycles. The molecular formula is C35H35N2O+. The number of hydrogen-bond acceptors (Lipinski definition) is 1. The molecule has 3 heteroatoms. The number of ether oxygens (including phenoxy) is 1. The molecule has 0 spiro atoms. The van der Waals surface area contributed by atoms with Gasteiger partial charge in [-0.05, 0) is 57.5 Å². The first kappa shape index (κ1) is 24.4. The Balaban J connectivity index is 1.69. The Morgan fingerprint density at radius 3 is 2.32 bits per heavy atom. The second-order valence-corrected chi connectivity index (χ2v) is 12.8. The van der Waals surface area contributed by atoms with E-state index in [4.69, 9.17) is 11.3 Å². The number of hydrogen-bond donors (Lipinski definition) is 0. The molecule has 2 heterocycles. The standard InChI is InChI=1S/C35H35N2O/c1-21-24-11-9-10-12-26(24)28(20-34(2,3)4)33-30(21)32-31-27(15-16-37(32)8)25-14-13-22(19-35(5,6)36-7)17-23(25)18-29(31)38-33/h9-18H,19-20H2,1-6,8H3/q+1. The molecule has 0 unspecified atom stereocenters. The van der Waals surface area contributed by atoms with Crippen molar-refractivity contribution in [1.29, 1.82) is 0 Å². The minimum atomic E-state index is -0.421. The fourth-order valence-electron chi connectivity index (χ4n) is 6.21. The van der Waals surface area contributed by atoms with Gasteiger partial charge in [0.2, 0.25) is 11.2 Å². The lowest BCUT2D eigenvalue weighted by Gasteiger charge is -2.28. The monoisotopic (exact) mass is 499 g/mol. The van der Waals surface area contributed by atoms with Gasteiger partial charge in [-0.1, -0.05) is 63.2 Å². The fraction of sp³-hybridized carbons (Fsp3) is 0.314. The van der Waals surface area contributed by atoms with Crippen molar-refractivity contribution in [3.8, 4) is 22.8 Å². The molecule has 0 amide bonds. The first-order valence-corrected chi connectivity index (χ1v) is 13.5. The van der Waals surface area contributed by atoms with Crippen molar-refractivity contribution < 1.29 is 9.30 Å². The van der Waals surface area contributed by atoms with Gasteiger partial charge in [0.05, 0.1) is 17.4 Å². The van der Waals surface area contributed by atoms with Gasteiger partial charge in [0.25, 0.3) is 0 Å². The lowest BCUT2D eigenvalue weighted by molar-refractivity contribution is -0.659. The maximum absolute atomic E-state index is 7.57. The van der Waals surface area contributed by atoms with Crippen molar-refractivity contribution in [3.63, 3.8) is 0 Å². The second-order valence-electron chi connectivity index (χ2n) is 12.8. The van der Waals surface area contributed by atoms with Crippen molar-refractivity contribution >= 4 is 32.3 Å². The van der Waals surface area contributed by atoms with E-state index in [1.807, 2.05) is 13.8 Å². The Labute approximate surface area is 225 Å². The van der Waals surface area contributed by atoms with E-state index in [-0.39, 0.29) is 5.41 Å². The maximum Gasteiger partial charge on any atom is 0.231 e. The van der Waals surface area contributed by atoms with Gasteiger partial charge in [0, 0.05) is 30.9 Å². The summed E-state index contributed by atoms with van der Waals surface area (Å²) in [6.45, 7) is 20.7. The molecule has 0 bridgehead atoms. The van der Waals surface area contributed by atoms with Gasteiger partial charge >= 0.3 is 0 Å². The smallest absolute Gasteiger partial charge is 0.231 e. The summed E-state index contributed by atoms with van der Waals surface area (Å²) in [5.41, 5.74) is 5.84. The predicted octanol–water partition coefficient (Wildman–Crippen LogP) is 8.88. The quantitative estimate of drug-likeness (QED) is 0.135. The molecule has 1 aromatic heterocycles. The first-order chi connectivity index (χ1) is 18.0. The summed E-state index contributed by atoms with van der Waals surface area (Å²) >= 11 is 0. The number of rotatable bonds is 3. The average molecular weight is 500 g/mol. The van der Waals surface area contributed by atoms with E-state index in [1.54, 1.807) is 0 Å². The number of benzene rings is 4. The van der Waals surface area contributed by atoms with E-state index < -0.39 is 5.54 Å². The second kappa shape index (κ2) is 8.30. The number of pyridine rings is 1. The lowest BCUT2D eigenvalue weighted by atomic mass is 9.81. The minimum absolute atomic E-state index is 0.109. The highest BCUT2D eigenvalue weighted by Gasteiger charge is 2.34. The van der Waals surface area contributed by atoms with Gasteiger partial charge in [0.15, 0.2) is 6.20 Å². The lowest BCUT2D eigenvalue weighted by Crippen LogP contribution is -2.32. The number of fused-ring (bicyclic) bond motifs is 5. The molecule has 0 N–H and O–H groups in total. The third-order valence-electron chi connectivity index (χ3n) is 7.89. The van der Waals surface area contributed by atoms with Crippen molar-refractivity contribution in [2.75, 3.05) is 0 Å². The molecular weight excluding hydrogens is 464 g/mol. The van der Waals surface area contributed by atoms with Crippen LogP contribution in [0.4, 0.5) is 0 Å². The van der Waals surface area contributed by atoms with Crippen LogP contribution in [0.15, 0.2) is 60.8 Å². The van der Waals surface area contributed by atoms with Gasteiger partial charge in [-0.15, -0.1) is 0 Å². The molecule has 0 saturated carbocycles. The molecule has 0 radical (unpaired) electrons. The van der Waals surface area contributed by atoms with Crippen molar-refractivity contribution in [3.05, 3.63) is 88.9 Å². The van der Waals surface area contributed by atoms with Crippen molar-refractivity contribution in [1.82, 2.24) is 0 Å². The zero-order valence-corrected chi connectivity index (χ0v) is 23.5. The summed E-state index contributed by atoms with van der Waals surface area (Å²) in [7, 11) is 2.14. The zero-order valence-electron chi connectivity index (χ0n) is 23.5. The summed E-state index contributed by atoms with van der Waals surface area (Å²) in [5.74, 6) is 1.91. The molecule has 1 aliphatic heterocycles. The van der Waals surface area contributed by atoms with Gasteiger partial charge in [0.1, 0.15) is 18.5 Å². The van der Waals surface area contributed by atoms with E-state index in [1.165, 1.54) is 54.9 Å². The normalized spacial score (nSPS) is 13.0. The van der Waals surface area contributed by atoms with Crippen LogP contribution in [0, 0.1) is 18.9 Å². The highest BCUT2D eigenvalue weighted by molar-refractivity contribution is 6.16. The van der Waals surface area contributed by atoms with Crippen LogP contribution in [0.1, 0.15) is 51.3 Å². The molecule has 0 saturated heterocycles. The van der Waals surface area contributed by atoms with Crippen LogP contribution in [0.3, 0.4) is 0 Å². The van der Waals surface area contributed by atoms with Crippen LogP contribution >= 0.6 is 0 Å². The summed E-state index contributed by atoms with van der Waals surface area (Å²) < 4.78 is 9.24. The molecule has 0 fully saturated rings. The highest BCUT2D eigenvalue weighted by atomic mass is 16.5. The summed E-state index contributed by atoms with van der Waals surface area (Å²) in [4.78, 5) is 3.83. The van der Waals surface area contributed by atoms with E-state index in [2.05, 4.69) is 105 Å². The third kappa shape index (κ3) is 3.82. The molecule has 6 rings (SSSR count). The fourth-order valence-corrected chi connectivity index (χ4v) is 6.21. The Morgan fingerprint density at radius 1 is 0.868 bits per heavy atom. The van der Waals surface area contributed by atoms with Crippen molar-refractivity contribution in [2.45, 2.75) is 59.9 Å². The highest BCUT2D eigenvalue weighted by Crippen LogP contribution is 2.52. The van der Waals surface area contributed by atoms with Gasteiger partial charge in [-0.3, -0.25) is 0 Å². The van der Waals surface area contributed by atoms with Crippen LogP contribution in [0.2, 0.25) is 0 Å². The summed E-state index contributed by atoms with van der Waals surface area (Å²) in [6.07, 6.45) is 3.83. The largest absolute Gasteiger partial charge is 0.455 e. The number of aryl methyl sites for hydroxylation is 2. The van der Waals surface area contributed by atoms with Crippen LogP contribution in [-0.2, 0) is 19.9 Å². The Hall–Kier alpha value is -3.90. The average Bonchev–Trinajstić information content (AvgIpc) is 2.86. The van der Waals surface area contributed by atoms with E-state index >= 15 is 0 Å². The topological polar surface area (TPSA) is 17.5 Å². The summed E-state index contributed by atoms with van der Waals surface area (Å²) in [5, 5.41) is 7.32. The Kier molecular flexibility index (Phi) is 5.34. The number of nitrogens with zero attached hydrogens (tertiary/aromatic N) is 2. The van der Waals surface area contributed by atoms with Crippen LogP contribution < -0.4 is 9.30 Å². The Morgan fingerprint density at radius 2 is 1.61 bits per heavy atom. The predicted molar refractivity (Wildman–Crippen MR) is 158 cm³/mol. The molecule has 5 aromatic rings. The maximum atomic E-state index is 7.57. The van der Waals surface area contributed by atoms with E-state index in [0.29, 0.717) is 0 Å². The van der Waals surface area contributed by atoms with Crippen molar-refractivity contribution in [2.24, 2.45) is 12.5 Å². The Bertz CT molecular complexity index is 1830. The van der Waals surface area contributed by atoms with E-state index in [9.17, 15) is 0 Å². The van der Waals surface area contributed by atoms with Gasteiger partial charge in [-0.25, -0.2) is 11.1 Å². The third-order valence-corrected chi connectivity index (χ3v) is 7.89. The molecule has 190 valence electrons. The minimum Gasteiger partial charge on any atom is -0.455 e. The van der Waals surface area contributed by atoms with Crippen LogP contribution in [-0.4, -0.2) is 5.54 Å². The molecule has 0 atom stereocenters. The molecule has 1 aliphatic rings. The summed E-state index contributed by atoms with van der Waals surface area (Å²) in [6, 6.07) is 19.8. The first-order valence-electron chi connectivity index (χ1n) is 13.5. The molecule has 3 nitrogen and oxygen atoms in total. The zero-order chi connectivity index (χ0) is 27.0. The number of aromatic nitrogens is 1. The SMILES string of the molecule is [C-]#[N+]C(C)(C)Cc1ccc2c(c1)cc1c3c([n+](C)ccc32)-c2c(c(CC(C)(C)C)c3ccccc3c2C)O1. The molecule has 4 aromatic carbocycles. The molecule has 38 heavy (non-hydrogen) atoms. The van der Waals surface area contributed by atoms with Gasteiger partial charge in [-0.2, -0.15) is 0 Å². The van der Waals surface area contributed by atoms with Gasteiger partial charge < -0.3 is 9.58 Å². The van der Waals surface area contributed by atoms with E-state index in [0.717, 1.165) is 29.7 Å². The van der Waals surface area contributed by atoms with Crippen LogP contribution in [0.25, 0.3) is 48.4 Å².